The molecule has 0 spiro atoms. The topological polar surface area (TPSA) is 51.2 Å². The summed E-state index contributed by atoms with van der Waals surface area (Å²) in [6, 6.07) is 13.3. The van der Waals surface area contributed by atoms with E-state index in [4.69, 9.17) is 16.3 Å². The molecule has 3 aromatic rings. The number of fused-ring (bicyclic) bond motifs is 1. The van der Waals surface area contributed by atoms with Crippen LogP contribution in [0.25, 0.3) is 10.9 Å². The monoisotopic (exact) mass is 340 g/mol. The minimum absolute atomic E-state index is 0.307. The van der Waals surface area contributed by atoms with Gasteiger partial charge >= 0.3 is 5.97 Å². The zero-order chi connectivity index (χ0) is 17.1. The van der Waals surface area contributed by atoms with Gasteiger partial charge in [0.15, 0.2) is 0 Å². The number of rotatable bonds is 4. The minimum atomic E-state index is -0.406. The summed E-state index contributed by atoms with van der Waals surface area (Å²) in [4.78, 5) is 16.6. The molecule has 0 aliphatic carbocycles. The van der Waals surface area contributed by atoms with Crippen LogP contribution >= 0.6 is 11.6 Å². The number of benzene rings is 2. The fraction of sp³-hybridized carbons (Fsp3) is 0.158. The molecule has 0 fully saturated rings. The van der Waals surface area contributed by atoms with Crippen LogP contribution in [0.15, 0.2) is 48.7 Å². The Balaban J connectivity index is 2.13. The molecule has 1 aromatic heterocycles. The summed E-state index contributed by atoms with van der Waals surface area (Å²) in [5.41, 5.74) is 3.65. The van der Waals surface area contributed by atoms with Gasteiger partial charge in [-0.1, -0.05) is 35.9 Å². The van der Waals surface area contributed by atoms with E-state index >= 15 is 0 Å². The Labute approximate surface area is 145 Å². The van der Waals surface area contributed by atoms with E-state index in [-0.39, 0.29) is 0 Å². The van der Waals surface area contributed by atoms with Crippen molar-refractivity contribution in [2.24, 2.45) is 0 Å². The van der Waals surface area contributed by atoms with Crippen molar-refractivity contribution < 1.29 is 9.53 Å². The average molecular weight is 341 g/mol. The lowest BCUT2D eigenvalue weighted by molar-refractivity contribution is 0.0527. The molecule has 0 amide bonds. The molecule has 2 aromatic carbocycles. The maximum Gasteiger partial charge on any atom is 0.341 e. The number of nitrogens with one attached hydrogen (secondary N) is 1. The van der Waals surface area contributed by atoms with E-state index in [0.717, 1.165) is 22.2 Å². The second-order valence-electron chi connectivity index (χ2n) is 5.37. The predicted octanol–water partition coefficient (Wildman–Crippen LogP) is 5.12. The van der Waals surface area contributed by atoms with Gasteiger partial charge in [0.25, 0.3) is 0 Å². The van der Waals surface area contributed by atoms with Gasteiger partial charge in [0.05, 0.1) is 17.8 Å². The molecule has 0 unspecified atom stereocenters. The number of hydrogen-bond acceptors (Lipinski definition) is 4. The predicted molar refractivity (Wildman–Crippen MR) is 97.2 cm³/mol. The number of carbonyl (C=O) groups excluding carboxylic acids is 1. The molecule has 4 nitrogen and oxygen atoms in total. The Bertz CT molecular complexity index is 909. The molecular formula is C19H17ClN2O2. The number of aromatic nitrogens is 1. The molecule has 0 saturated carbocycles. The number of anilines is 2. The molecular weight excluding hydrogens is 324 g/mol. The molecule has 3 rings (SSSR count). The lowest BCUT2D eigenvalue weighted by Crippen LogP contribution is -2.09. The lowest BCUT2D eigenvalue weighted by Gasteiger charge is -2.14. The van der Waals surface area contributed by atoms with Crippen LogP contribution in [0, 0.1) is 6.92 Å². The summed E-state index contributed by atoms with van der Waals surface area (Å²) in [6.07, 6.45) is 1.54. The highest BCUT2D eigenvalue weighted by Crippen LogP contribution is 2.31. The van der Waals surface area contributed by atoms with Crippen molar-refractivity contribution in [3.8, 4) is 0 Å². The van der Waals surface area contributed by atoms with E-state index < -0.39 is 5.97 Å². The number of nitrogens with zero attached hydrogens (tertiary/aromatic N) is 1. The number of aryl methyl sites for hydroxylation is 1. The first kappa shape index (κ1) is 16.3. The number of para-hydroxylation sites is 1. The third-order valence-electron chi connectivity index (χ3n) is 3.71. The molecule has 0 aliphatic heterocycles. The number of esters is 1. The Kier molecular flexibility index (Phi) is 4.67. The van der Waals surface area contributed by atoms with Crippen molar-refractivity contribution in [1.82, 2.24) is 4.98 Å². The van der Waals surface area contributed by atoms with Crippen molar-refractivity contribution in [3.63, 3.8) is 0 Å². The zero-order valence-electron chi connectivity index (χ0n) is 13.5. The quantitative estimate of drug-likeness (QED) is 0.670. The molecule has 0 atom stereocenters. The molecule has 122 valence electrons. The van der Waals surface area contributed by atoms with E-state index in [2.05, 4.69) is 10.3 Å². The van der Waals surface area contributed by atoms with Crippen LogP contribution in [0.5, 0.6) is 0 Å². The van der Waals surface area contributed by atoms with Gasteiger partial charge in [-0.15, -0.1) is 0 Å². The van der Waals surface area contributed by atoms with Gasteiger partial charge in [-0.2, -0.15) is 0 Å². The standard InChI is InChI=1S/C19H17ClN2O2/c1-3-24-19(23)15-11-21-17-7-5-4-6-14(17)18(15)22-13-9-8-12(2)16(20)10-13/h4-11H,3H2,1-2H3,(H,21,22). The van der Waals surface area contributed by atoms with E-state index in [9.17, 15) is 4.79 Å². The Morgan fingerprint density at radius 2 is 2.04 bits per heavy atom. The van der Waals surface area contributed by atoms with E-state index in [1.165, 1.54) is 0 Å². The summed E-state index contributed by atoms with van der Waals surface area (Å²) in [5, 5.41) is 4.81. The molecule has 0 saturated heterocycles. The van der Waals surface area contributed by atoms with Crippen LogP contribution in [0.2, 0.25) is 5.02 Å². The van der Waals surface area contributed by atoms with Gasteiger partial charge in [-0.3, -0.25) is 4.98 Å². The van der Waals surface area contributed by atoms with Crippen LogP contribution in [0.4, 0.5) is 11.4 Å². The second-order valence-corrected chi connectivity index (χ2v) is 5.78. The Morgan fingerprint density at radius 1 is 1.25 bits per heavy atom. The Hall–Kier alpha value is -2.59. The van der Waals surface area contributed by atoms with Gasteiger partial charge < -0.3 is 10.1 Å². The normalized spacial score (nSPS) is 10.6. The van der Waals surface area contributed by atoms with Crippen molar-refractivity contribution in [2.45, 2.75) is 13.8 Å². The second kappa shape index (κ2) is 6.89. The number of ether oxygens (including phenoxy) is 1. The van der Waals surface area contributed by atoms with E-state index in [0.29, 0.717) is 22.9 Å². The van der Waals surface area contributed by atoms with Gasteiger partial charge in [0.2, 0.25) is 0 Å². The first-order chi connectivity index (χ1) is 11.6. The van der Waals surface area contributed by atoms with Crippen molar-refractivity contribution in [1.29, 1.82) is 0 Å². The third-order valence-corrected chi connectivity index (χ3v) is 4.12. The van der Waals surface area contributed by atoms with E-state index in [1.807, 2.05) is 49.4 Å². The summed E-state index contributed by atoms with van der Waals surface area (Å²) in [7, 11) is 0. The summed E-state index contributed by atoms with van der Waals surface area (Å²) < 4.78 is 5.15. The van der Waals surface area contributed by atoms with Crippen molar-refractivity contribution in [3.05, 3.63) is 64.8 Å². The molecule has 1 N–H and O–H groups in total. The smallest absolute Gasteiger partial charge is 0.341 e. The molecule has 0 aliphatic rings. The zero-order valence-corrected chi connectivity index (χ0v) is 14.2. The van der Waals surface area contributed by atoms with Crippen LogP contribution < -0.4 is 5.32 Å². The molecule has 24 heavy (non-hydrogen) atoms. The highest BCUT2D eigenvalue weighted by molar-refractivity contribution is 6.31. The summed E-state index contributed by atoms with van der Waals surface area (Å²) in [5.74, 6) is -0.406. The molecule has 0 radical (unpaired) electrons. The molecule has 0 bridgehead atoms. The van der Waals surface area contributed by atoms with E-state index in [1.54, 1.807) is 13.1 Å². The number of hydrogen-bond donors (Lipinski definition) is 1. The number of pyridine rings is 1. The summed E-state index contributed by atoms with van der Waals surface area (Å²) in [6.45, 7) is 4.03. The average Bonchev–Trinajstić information content (AvgIpc) is 2.58. The van der Waals surface area contributed by atoms with Crippen LogP contribution in [0.3, 0.4) is 0 Å². The first-order valence-electron chi connectivity index (χ1n) is 7.68. The lowest BCUT2D eigenvalue weighted by atomic mass is 10.1. The van der Waals surface area contributed by atoms with Crippen LogP contribution in [-0.2, 0) is 4.74 Å². The third kappa shape index (κ3) is 3.19. The first-order valence-corrected chi connectivity index (χ1v) is 8.06. The fourth-order valence-electron chi connectivity index (χ4n) is 2.45. The largest absolute Gasteiger partial charge is 0.462 e. The Morgan fingerprint density at radius 3 is 2.79 bits per heavy atom. The van der Waals surface area contributed by atoms with Crippen LogP contribution in [-0.4, -0.2) is 17.6 Å². The SMILES string of the molecule is CCOC(=O)c1cnc2ccccc2c1Nc1ccc(C)c(Cl)c1. The summed E-state index contributed by atoms with van der Waals surface area (Å²) >= 11 is 6.21. The number of halogens is 1. The van der Waals surface area contributed by atoms with Crippen molar-refractivity contribution >= 4 is 39.8 Å². The maximum atomic E-state index is 12.3. The highest BCUT2D eigenvalue weighted by Gasteiger charge is 2.17. The van der Waals surface area contributed by atoms with Gasteiger partial charge in [-0.05, 0) is 37.6 Å². The van der Waals surface area contributed by atoms with Gasteiger partial charge in [0, 0.05) is 22.3 Å². The fourth-order valence-corrected chi connectivity index (χ4v) is 2.64. The molecule has 5 heteroatoms. The van der Waals surface area contributed by atoms with Crippen LogP contribution in [0.1, 0.15) is 22.8 Å². The van der Waals surface area contributed by atoms with Gasteiger partial charge in [-0.25, -0.2) is 4.79 Å². The minimum Gasteiger partial charge on any atom is -0.462 e. The highest BCUT2D eigenvalue weighted by atomic mass is 35.5. The number of carbonyl (C=O) groups is 1. The van der Waals surface area contributed by atoms with Gasteiger partial charge in [0.1, 0.15) is 5.56 Å². The van der Waals surface area contributed by atoms with Crippen molar-refractivity contribution in [2.75, 3.05) is 11.9 Å². The molecule has 1 heterocycles. The maximum absolute atomic E-state index is 12.3.